The van der Waals surface area contributed by atoms with Crippen molar-refractivity contribution in [2.24, 2.45) is 0 Å². The number of hydrogen-bond acceptors (Lipinski definition) is 5. The number of carbonyl (C=O) groups is 1. The highest BCUT2D eigenvalue weighted by molar-refractivity contribution is 7.89. The highest BCUT2D eigenvalue weighted by atomic mass is 35.5. The minimum Gasteiger partial charge on any atom is -0.497 e. The number of nitrogens with one attached hydrogen (secondary N) is 1. The van der Waals surface area contributed by atoms with Gasteiger partial charge in [0.1, 0.15) is 5.75 Å². The number of hydrogen-bond donors (Lipinski definition) is 1. The zero-order valence-corrected chi connectivity index (χ0v) is 16.9. The van der Waals surface area contributed by atoms with Crippen molar-refractivity contribution in [3.05, 3.63) is 58.6 Å². The molecular weight excluding hydrogens is 390 g/mol. The number of benzene rings is 2. The Morgan fingerprint density at radius 2 is 1.96 bits per heavy atom. The van der Waals surface area contributed by atoms with E-state index >= 15 is 0 Å². The second-order valence-corrected chi connectivity index (χ2v) is 7.99. The fraction of sp³-hybridized carbons (Fsp3) is 0.316. The molecule has 0 aliphatic carbocycles. The molecule has 1 N–H and O–H groups in total. The van der Waals surface area contributed by atoms with E-state index in [1.165, 1.54) is 19.2 Å². The summed E-state index contributed by atoms with van der Waals surface area (Å²) in [4.78, 5) is 12.0. The molecule has 6 nitrogen and oxygen atoms in total. The number of esters is 1. The third-order valence-electron chi connectivity index (χ3n) is 3.92. The Morgan fingerprint density at radius 3 is 2.59 bits per heavy atom. The van der Waals surface area contributed by atoms with Crippen LogP contribution in [0.2, 0.25) is 5.02 Å². The van der Waals surface area contributed by atoms with Crippen molar-refractivity contribution >= 4 is 27.6 Å². The lowest BCUT2D eigenvalue weighted by Crippen LogP contribution is -2.30. The van der Waals surface area contributed by atoms with E-state index in [-0.39, 0.29) is 17.9 Å². The summed E-state index contributed by atoms with van der Waals surface area (Å²) >= 11 is 6.06. The molecule has 0 fully saturated rings. The second kappa shape index (κ2) is 9.21. The predicted molar refractivity (Wildman–Crippen MR) is 103 cm³/mol. The number of halogens is 1. The Morgan fingerprint density at radius 1 is 1.22 bits per heavy atom. The van der Waals surface area contributed by atoms with Crippen molar-refractivity contribution < 1.29 is 22.7 Å². The average molecular weight is 412 g/mol. The van der Waals surface area contributed by atoms with Crippen LogP contribution in [0.3, 0.4) is 0 Å². The van der Waals surface area contributed by atoms with Crippen molar-refractivity contribution in [2.75, 3.05) is 13.7 Å². The molecule has 0 amide bonds. The van der Waals surface area contributed by atoms with Crippen LogP contribution < -0.4 is 9.46 Å². The molecule has 1 atom stereocenters. The topological polar surface area (TPSA) is 81.7 Å². The molecule has 0 radical (unpaired) electrons. The van der Waals surface area contributed by atoms with E-state index < -0.39 is 22.0 Å². The molecular formula is C19H22ClNO5S. The first-order chi connectivity index (χ1) is 12.8. The van der Waals surface area contributed by atoms with Gasteiger partial charge in [0, 0.05) is 5.02 Å². The number of sulfonamides is 1. The zero-order valence-electron chi connectivity index (χ0n) is 15.4. The van der Waals surface area contributed by atoms with Crippen LogP contribution in [0.4, 0.5) is 0 Å². The quantitative estimate of drug-likeness (QED) is 0.671. The fourth-order valence-electron chi connectivity index (χ4n) is 2.47. The summed E-state index contributed by atoms with van der Waals surface area (Å²) in [5, 5.41) is 0.348. The Balaban J connectivity index is 2.37. The van der Waals surface area contributed by atoms with E-state index in [1.807, 2.05) is 0 Å². The molecule has 0 saturated heterocycles. The van der Waals surface area contributed by atoms with Gasteiger partial charge in [-0.3, -0.25) is 4.79 Å². The van der Waals surface area contributed by atoms with Crippen LogP contribution in [-0.4, -0.2) is 28.1 Å². The largest absolute Gasteiger partial charge is 0.497 e. The smallest absolute Gasteiger partial charge is 0.307 e. The van der Waals surface area contributed by atoms with Crippen LogP contribution in [0.1, 0.15) is 30.5 Å². The van der Waals surface area contributed by atoms with E-state index in [1.54, 1.807) is 44.2 Å². The molecule has 1 unspecified atom stereocenters. The summed E-state index contributed by atoms with van der Waals surface area (Å²) in [5.74, 6) is 0.0499. The van der Waals surface area contributed by atoms with Gasteiger partial charge < -0.3 is 9.47 Å². The molecule has 0 bridgehead atoms. The van der Waals surface area contributed by atoms with Gasteiger partial charge in [0.25, 0.3) is 0 Å². The van der Waals surface area contributed by atoms with Gasteiger partial charge in [-0.2, -0.15) is 0 Å². The summed E-state index contributed by atoms with van der Waals surface area (Å²) in [6, 6.07) is 10.5. The first-order valence-electron chi connectivity index (χ1n) is 8.35. The molecule has 0 heterocycles. The highest BCUT2D eigenvalue weighted by Crippen LogP contribution is 2.26. The van der Waals surface area contributed by atoms with E-state index in [9.17, 15) is 13.2 Å². The minimum atomic E-state index is -3.91. The Kier molecular flexibility index (Phi) is 7.24. The SMILES string of the molecule is CCOC(=O)CC(NS(=O)(=O)c1ccc(C)c(Cl)c1)c1cccc(OC)c1. The first kappa shape index (κ1) is 21.2. The maximum Gasteiger partial charge on any atom is 0.307 e. The highest BCUT2D eigenvalue weighted by Gasteiger charge is 2.25. The normalized spacial score (nSPS) is 12.4. The monoisotopic (exact) mass is 411 g/mol. The Bertz CT molecular complexity index is 914. The van der Waals surface area contributed by atoms with Gasteiger partial charge in [0.05, 0.1) is 31.1 Å². The first-order valence-corrected chi connectivity index (χ1v) is 10.2. The molecule has 0 aromatic heterocycles. The van der Waals surface area contributed by atoms with Crippen LogP contribution in [0.15, 0.2) is 47.4 Å². The van der Waals surface area contributed by atoms with Gasteiger partial charge in [0.2, 0.25) is 10.0 Å². The van der Waals surface area contributed by atoms with Crippen LogP contribution in [-0.2, 0) is 19.6 Å². The third-order valence-corrected chi connectivity index (χ3v) is 5.80. The molecule has 2 aromatic rings. The Labute approximate surface area is 164 Å². The molecule has 2 aromatic carbocycles. The number of aryl methyl sites for hydroxylation is 1. The molecule has 8 heteroatoms. The summed E-state index contributed by atoms with van der Waals surface area (Å²) < 4.78 is 38.4. The van der Waals surface area contributed by atoms with Crippen LogP contribution in [0.5, 0.6) is 5.75 Å². The second-order valence-electron chi connectivity index (χ2n) is 5.87. The lowest BCUT2D eigenvalue weighted by Gasteiger charge is -2.19. The lowest BCUT2D eigenvalue weighted by atomic mass is 10.0. The van der Waals surface area contributed by atoms with Crippen molar-refractivity contribution in [3.8, 4) is 5.75 Å². The molecule has 2 rings (SSSR count). The van der Waals surface area contributed by atoms with E-state index in [0.29, 0.717) is 16.3 Å². The summed E-state index contributed by atoms with van der Waals surface area (Å²) in [5.41, 5.74) is 1.36. The van der Waals surface area contributed by atoms with E-state index in [4.69, 9.17) is 21.1 Å². The number of methoxy groups -OCH3 is 1. The van der Waals surface area contributed by atoms with Crippen molar-refractivity contribution in [1.29, 1.82) is 0 Å². The molecule has 146 valence electrons. The van der Waals surface area contributed by atoms with Gasteiger partial charge in [-0.05, 0) is 49.2 Å². The molecule has 0 aliphatic heterocycles. The molecule has 27 heavy (non-hydrogen) atoms. The summed E-state index contributed by atoms with van der Waals surface area (Å²) in [7, 11) is -2.40. The number of ether oxygens (including phenoxy) is 2. The van der Waals surface area contributed by atoms with Crippen LogP contribution >= 0.6 is 11.6 Å². The van der Waals surface area contributed by atoms with Gasteiger partial charge in [-0.15, -0.1) is 0 Å². The van der Waals surface area contributed by atoms with Crippen LogP contribution in [0.25, 0.3) is 0 Å². The molecule has 0 spiro atoms. The standard InChI is InChI=1S/C19H22ClNO5S/c1-4-26-19(22)12-18(14-6-5-7-15(10-14)25-3)21-27(23,24)16-9-8-13(2)17(20)11-16/h5-11,18,21H,4,12H2,1-3H3. The molecule has 0 aliphatic rings. The number of carbonyl (C=O) groups excluding carboxylic acids is 1. The minimum absolute atomic E-state index is 0.0230. The maximum atomic E-state index is 12.8. The summed E-state index contributed by atoms with van der Waals surface area (Å²) in [6.45, 7) is 3.69. The third kappa shape index (κ3) is 5.69. The van der Waals surface area contributed by atoms with Crippen molar-refractivity contribution in [1.82, 2.24) is 4.72 Å². The summed E-state index contributed by atoms with van der Waals surface area (Å²) in [6.07, 6.45) is -0.153. The average Bonchev–Trinajstić information content (AvgIpc) is 2.63. The lowest BCUT2D eigenvalue weighted by molar-refractivity contribution is -0.143. The van der Waals surface area contributed by atoms with Gasteiger partial charge in [-0.25, -0.2) is 13.1 Å². The number of rotatable bonds is 8. The van der Waals surface area contributed by atoms with Crippen LogP contribution in [0, 0.1) is 6.92 Å². The van der Waals surface area contributed by atoms with E-state index in [0.717, 1.165) is 5.56 Å². The van der Waals surface area contributed by atoms with Crippen molar-refractivity contribution in [3.63, 3.8) is 0 Å². The zero-order chi connectivity index (χ0) is 20.0. The predicted octanol–water partition coefficient (Wildman–Crippen LogP) is 3.63. The fourth-order valence-corrected chi connectivity index (χ4v) is 3.96. The van der Waals surface area contributed by atoms with Gasteiger partial charge >= 0.3 is 5.97 Å². The maximum absolute atomic E-state index is 12.8. The Hall–Kier alpha value is -2.09. The van der Waals surface area contributed by atoms with Gasteiger partial charge in [0.15, 0.2) is 0 Å². The van der Waals surface area contributed by atoms with E-state index in [2.05, 4.69) is 4.72 Å². The van der Waals surface area contributed by atoms with Crippen molar-refractivity contribution in [2.45, 2.75) is 31.2 Å². The van der Waals surface area contributed by atoms with Gasteiger partial charge in [-0.1, -0.05) is 29.8 Å². The molecule has 0 saturated carbocycles.